The molecule has 5 N–H and O–H groups in total. The lowest BCUT2D eigenvalue weighted by atomic mass is 10.1. The zero-order valence-electron chi connectivity index (χ0n) is 20.3. The first kappa shape index (κ1) is 25.8. The van der Waals surface area contributed by atoms with E-state index in [0.29, 0.717) is 19.0 Å². The highest BCUT2D eigenvalue weighted by Crippen LogP contribution is 2.21. The molecule has 1 aliphatic heterocycles. The Labute approximate surface area is 201 Å². The minimum absolute atomic E-state index is 0.0834. The van der Waals surface area contributed by atoms with E-state index in [9.17, 15) is 5.11 Å². The predicted molar refractivity (Wildman–Crippen MR) is 135 cm³/mol. The number of amidine groups is 1. The molecule has 0 amide bonds. The SMILES string of the molecule is CCCCCNC1=c2/c(ccn2Cc2ccc(COC[C@@H](O)CO)cc2OC)=C\CC/C(N)=N\1. The number of hydrogen-bond donors (Lipinski definition) is 4. The van der Waals surface area contributed by atoms with E-state index < -0.39 is 6.10 Å². The maximum absolute atomic E-state index is 9.45. The molecule has 0 spiro atoms. The number of hydrogen-bond acceptors (Lipinski definition) is 7. The number of unbranched alkanes of at least 4 members (excludes halogenated alkanes) is 2. The number of aliphatic imine (C=N–C) groups is 1. The van der Waals surface area contributed by atoms with Crippen molar-refractivity contribution in [2.24, 2.45) is 10.7 Å². The Morgan fingerprint density at radius 2 is 2.12 bits per heavy atom. The molecule has 186 valence electrons. The molecule has 8 nitrogen and oxygen atoms in total. The van der Waals surface area contributed by atoms with E-state index in [4.69, 9.17) is 25.3 Å². The van der Waals surface area contributed by atoms with Gasteiger partial charge in [-0.1, -0.05) is 38.0 Å². The molecular formula is C26H38N4O4. The zero-order valence-corrected chi connectivity index (χ0v) is 20.3. The van der Waals surface area contributed by atoms with Gasteiger partial charge < -0.3 is 35.3 Å². The van der Waals surface area contributed by atoms with Crippen LogP contribution in [0.5, 0.6) is 5.75 Å². The van der Waals surface area contributed by atoms with Crippen LogP contribution in [0.4, 0.5) is 0 Å². The highest BCUT2D eigenvalue weighted by atomic mass is 16.5. The van der Waals surface area contributed by atoms with Gasteiger partial charge in [0.1, 0.15) is 17.7 Å². The Bertz CT molecular complexity index is 1080. The normalized spacial score (nSPS) is 18.6. The summed E-state index contributed by atoms with van der Waals surface area (Å²) in [6.07, 6.45) is 8.46. The second kappa shape index (κ2) is 13.2. The van der Waals surface area contributed by atoms with Crippen LogP contribution in [0.1, 0.15) is 50.2 Å². The summed E-state index contributed by atoms with van der Waals surface area (Å²) in [6, 6.07) is 8.10. The smallest absolute Gasteiger partial charge is 0.152 e. The van der Waals surface area contributed by atoms with Gasteiger partial charge >= 0.3 is 0 Å². The van der Waals surface area contributed by atoms with Gasteiger partial charge in [0, 0.05) is 24.7 Å². The molecule has 0 aliphatic carbocycles. The second-order valence-corrected chi connectivity index (χ2v) is 8.57. The highest BCUT2D eigenvalue weighted by molar-refractivity contribution is 5.84. The molecule has 34 heavy (non-hydrogen) atoms. The summed E-state index contributed by atoms with van der Waals surface area (Å²) in [4.78, 5) is 4.73. The summed E-state index contributed by atoms with van der Waals surface area (Å²) in [5.41, 5.74) is 8.15. The average molecular weight is 471 g/mol. The van der Waals surface area contributed by atoms with Gasteiger partial charge in [0.25, 0.3) is 0 Å². The van der Waals surface area contributed by atoms with Gasteiger partial charge in [0.2, 0.25) is 0 Å². The molecular weight excluding hydrogens is 432 g/mol. The molecule has 0 saturated heterocycles. The number of ether oxygens (including phenoxy) is 2. The number of rotatable bonds is 13. The van der Waals surface area contributed by atoms with Gasteiger partial charge in [-0.05, 0) is 35.8 Å². The Hall–Kier alpha value is -2.81. The molecule has 0 fully saturated rings. The van der Waals surface area contributed by atoms with E-state index in [1.54, 1.807) is 7.11 Å². The first-order valence-corrected chi connectivity index (χ1v) is 12.0. The highest BCUT2D eigenvalue weighted by Gasteiger charge is 2.11. The fourth-order valence-electron chi connectivity index (χ4n) is 3.95. The molecule has 1 aromatic carbocycles. The second-order valence-electron chi connectivity index (χ2n) is 8.57. The van der Waals surface area contributed by atoms with E-state index >= 15 is 0 Å². The van der Waals surface area contributed by atoms with Crippen molar-refractivity contribution in [3.05, 3.63) is 52.2 Å². The lowest BCUT2D eigenvalue weighted by Gasteiger charge is -2.15. The average Bonchev–Trinajstić information content (AvgIpc) is 3.22. The van der Waals surface area contributed by atoms with Crippen molar-refractivity contribution in [1.29, 1.82) is 0 Å². The number of nitrogens with zero attached hydrogens (tertiary/aromatic N) is 2. The van der Waals surface area contributed by atoms with Crippen molar-refractivity contribution in [1.82, 2.24) is 9.88 Å². The van der Waals surface area contributed by atoms with E-state index in [1.165, 1.54) is 12.8 Å². The lowest BCUT2D eigenvalue weighted by molar-refractivity contribution is -0.0000113. The molecule has 1 aromatic heterocycles. The first-order chi connectivity index (χ1) is 16.5. The molecule has 8 heteroatoms. The van der Waals surface area contributed by atoms with Gasteiger partial charge in [-0.3, -0.25) is 0 Å². The summed E-state index contributed by atoms with van der Waals surface area (Å²) < 4.78 is 13.3. The molecule has 0 radical (unpaired) electrons. The van der Waals surface area contributed by atoms with Crippen LogP contribution in [0.15, 0.2) is 35.5 Å². The zero-order chi connectivity index (χ0) is 24.3. The summed E-state index contributed by atoms with van der Waals surface area (Å²) in [5.74, 6) is 2.22. The number of methoxy groups -OCH3 is 1. The minimum Gasteiger partial charge on any atom is -0.496 e. The third kappa shape index (κ3) is 7.09. The van der Waals surface area contributed by atoms with Gasteiger partial charge in [0.15, 0.2) is 5.82 Å². The largest absolute Gasteiger partial charge is 0.496 e. The van der Waals surface area contributed by atoms with Crippen LogP contribution in [0.25, 0.3) is 11.9 Å². The van der Waals surface area contributed by atoms with Crippen LogP contribution >= 0.6 is 0 Å². The molecule has 1 aliphatic rings. The minimum atomic E-state index is -0.871. The van der Waals surface area contributed by atoms with E-state index in [2.05, 4.69) is 35.1 Å². The summed E-state index contributed by atoms with van der Waals surface area (Å²) in [6.45, 7) is 3.76. The first-order valence-electron chi connectivity index (χ1n) is 12.0. The van der Waals surface area contributed by atoms with Crippen molar-refractivity contribution in [2.45, 2.75) is 58.3 Å². The monoisotopic (exact) mass is 470 g/mol. The lowest BCUT2D eigenvalue weighted by Crippen LogP contribution is -2.37. The van der Waals surface area contributed by atoms with Crippen LogP contribution < -0.4 is 26.4 Å². The van der Waals surface area contributed by atoms with Crippen LogP contribution in [0, 0.1) is 0 Å². The van der Waals surface area contributed by atoms with Gasteiger partial charge in [0.05, 0.1) is 38.8 Å². The maximum atomic E-state index is 9.45. The summed E-state index contributed by atoms with van der Waals surface area (Å²) >= 11 is 0. The Morgan fingerprint density at radius 3 is 2.88 bits per heavy atom. The molecule has 2 aromatic rings. The number of fused-ring (bicyclic) bond motifs is 1. The standard InChI is InChI=1S/C26H38N4O4/c1-3-4-5-12-28-26-25-20(7-6-8-24(27)29-26)11-13-30(25)15-21-10-9-19(14-23(21)33-2)17-34-18-22(32)16-31/h7,9-11,13-14,22,28,31-32H,3-6,8,12,15-18H2,1-2H3,(H2,27,29)/b20-7-,26-25+/t22-/m0/s1. The fourth-order valence-corrected chi connectivity index (χ4v) is 3.95. The number of aromatic nitrogens is 1. The van der Waals surface area contributed by atoms with E-state index in [-0.39, 0.29) is 13.2 Å². The van der Waals surface area contributed by atoms with Crippen molar-refractivity contribution in [3.8, 4) is 5.75 Å². The van der Waals surface area contributed by atoms with Crippen LogP contribution in [0.2, 0.25) is 0 Å². The van der Waals surface area contributed by atoms with Gasteiger partial charge in [-0.15, -0.1) is 0 Å². The number of aliphatic hydroxyl groups excluding tert-OH is 2. The number of nitrogens with two attached hydrogens (primary N) is 1. The Kier molecular flexibility index (Phi) is 10.00. The molecule has 0 unspecified atom stereocenters. The van der Waals surface area contributed by atoms with Crippen molar-refractivity contribution < 1.29 is 19.7 Å². The third-order valence-electron chi connectivity index (χ3n) is 5.79. The van der Waals surface area contributed by atoms with E-state index in [0.717, 1.165) is 59.1 Å². The number of aliphatic hydroxyl groups is 2. The molecule has 2 heterocycles. The molecule has 3 rings (SSSR count). The van der Waals surface area contributed by atoms with Crippen molar-refractivity contribution in [3.63, 3.8) is 0 Å². The van der Waals surface area contributed by atoms with Crippen LogP contribution in [0.3, 0.4) is 0 Å². The summed E-state index contributed by atoms with van der Waals surface area (Å²) in [5, 5.41) is 24.1. The van der Waals surface area contributed by atoms with Crippen LogP contribution in [-0.4, -0.2) is 53.6 Å². The summed E-state index contributed by atoms with van der Waals surface area (Å²) in [7, 11) is 1.66. The predicted octanol–water partition coefficient (Wildman–Crippen LogP) is 1.19. The van der Waals surface area contributed by atoms with Crippen molar-refractivity contribution >= 4 is 17.7 Å². The van der Waals surface area contributed by atoms with Crippen LogP contribution in [-0.2, 0) is 17.9 Å². The molecule has 1 atom stereocenters. The quantitative estimate of drug-likeness (QED) is 0.327. The number of benzene rings is 1. The maximum Gasteiger partial charge on any atom is 0.152 e. The topological polar surface area (TPSA) is 114 Å². The molecule has 0 saturated carbocycles. The number of nitrogens with one attached hydrogen (secondary N) is 1. The Balaban J connectivity index is 1.88. The Morgan fingerprint density at radius 1 is 1.26 bits per heavy atom. The fraction of sp³-hybridized carbons (Fsp3) is 0.500. The van der Waals surface area contributed by atoms with Crippen molar-refractivity contribution in [2.75, 3.05) is 26.9 Å². The van der Waals surface area contributed by atoms with Gasteiger partial charge in [-0.2, -0.15) is 0 Å². The third-order valence-corrected chi connectivity index (χ3v) is 5.79. The van der Waals surface area contributed by atoms with Gasteiger partial charge in [-0.25, -0.2) is 4.99 Å². The molecule has 0 bridgehead atoms. The van der Waals surface area contributed by atoms with E-state index in [1.807, 2.05) is 18.2 Å².